The molecule has 20 heavy (non-hydrogen) atoms. The van der Waals surface area contributed by atoms with Crippen molar-refractivity contribution in [2.24, 2.45) is 5.73 Å². The Kier molecular flexibility index (Phi) is 4.67. The van der Waals surface area contributed by atoms with E-state index in [0.29, 0.717) is 25.1 Å². The number of hydrogen-bond acceptors (Lipinski definition) is 3. The van der Waals surface area contributed by atoms with Crippen LogP contribution in [-0.2, 0) is 17.3 Å². The predicted molar refractivity (Wildman–Crippen MR) is 70.4 cm³/mol. The Morgan fingerprint density at radius 2 is 2.20 bits per heavy atom. The van der Waals surface area contributed by atoms with Gasteiger partial charge in [-0.05, 0) is 25.1 Å². The van der Waals surface area contributed by atoms with Crippen molar-refractivity contribution >= 4 is 0 Å². The van der Waals surface area contributed by atoms with Crippen LogP contribution in [0.4, 0.5) is 13.2 Å². The van der Waals surface area contributed by atoms with E-state index in [1.807, 2.05) is 7.05 Å². The fraction of sp³-hybridized carbons (Fsp3) is 0.571. The van der Waals surface area contributed by atoms with Gasteiger partial charge in [-0.1, -0.05) is 18.2 Å². The maximum absolute atomic E-state index is 12.6. The third-order valence-electron chi connectivity index (χ3n) is 3.50. The quantitative estimate of drug-likeness (QED) is 0.923. The molecule has 1 aromatic rings. The number of hydrogen-bond donors (Lipinski definition) is 1. The molecule has 1 aliphatic rings. The molecule has 1 aromatic carbocycles. The van der Waals surface area contributed by atoms with Gasteiger partial charge in [0.15, 0.2) is 0 Å². The number of halogens is 3. The smallest absolute Gasteiger partial charge is 0.374 e. The van der Waals surface area contributed by atoms with Crippen molar-refractivity contribution in [1.29, 1.82) is 0 Å². The van der Waals surface area contributed by atoms with Crippen LogP contribution in [0.1, 0.15) is 11.1 Å². The molecule has 0 bridgehead atoms. The van der Waals surface area contributed by atoms with Gasteiger partial charge >= 0.3 is 6.18 Å². The average molecular weight is 288 g/mol. The molecule has 2 unspecified atom stereocenters. The molecule has 112 valence electrons. The molecule has 0 aromatic heterocycles. The summed E-state index contributed by atoms with van der Waals surface area (Å²) in [6.07, 6.45) is -4.08. The molecular formula is C14H19F3N2O. The van der Waals surface area contributed by atoms with Gasteiger partial charge in [0.05, 0.1) is 18.3 Å². The highest BCUT2D eigenvalue weighted by Crippen LogP contribution is 2.29. The molecule has 6 heteroatoms. The van der Waals surface area contributed by atoms with Crippen LogP contribution in [0, 0.1) is 0 Å². The minimum Gasteiger partial charge on any atom is -0.374 e. The molecular weight excluding hydrogens is 269 g/mol. The molecule has 0 amide bonds. The summed E-state index contributed by atoms with van der Waals surface area (Å²) in [6, 6.07) is 5.01. The second-order valence-corrected chi connectivity index (χ2v) is 5.24. The summed E-state index contributed by atoms with van der Waals surface area (Å²) < 4.78 is 43.5. The molecule has 3 nitrogen and oxygen atoms in total. The Bertz CT molecular complexity index is 450. The lowest BCUT2D eigenvalue weighted by Crippen LogP contribution is -2.50. The first-order valence-corrected chi connectivity index (χ1v) is 6.58. The van der Waals surface area contributed by atoms with E-state index in [0.717, 1.165) is 18.7 Å². The average Bonchev–Trinajstić information content (AvgIpc) is 2.38. The van der Waals surface area contributed by atoms with Gasteiger partial charge in [-0.15, -0.1) is 0 Å². The number of alkyl halides is 3. The molecule has 2 atom stereocenters. The van der Waals surface area contributed by atoms with E-state index in [9.17, 15) is 13.2 Å². The van der Waals surface area contributed by atoms with Crippen molar-refractivity contribution < 1.29 is 17.9 Å². The van der Waals surface area contributed by atoms with Crippen molar-refractivity contribution in [2.45, 2.75) is 24.7 Å². The Morgan fingerprint density at radius 3 is 2.85 bits per heavy atom. The lowest BCUT2D eigenvalue weighted by Gasteiger charge is -2.33. The summed E-state index contributed by atoms with van der Waals surface area (Å²) in [5, 5.41) is 0. The summed E-state index contributed by atoms with van der Waals surface area (Å²) in [5.74, 6) is 0. The van der Waals surface area contributed by atoms with E-state index in [2.05, 4.69) is 4.90 Å². The van der Waals surface area contributed by atoms with Gasteiger partial charge in [-0.3, -0.25) is 0 Å². The molecule has 1 fully saturated rings. The second kappa shape index (κ2) is 6.11. The molecule has 1 saturated heterocycles. The SMILES string of the molecule is CN1CCOC(C(N)Cc2cccc(C(F)(F)F)c2)C1. The number of nitrogens with zero attached hydrogens (tertiary/aromatic N) is 1. The van der Waals surface area contributed by atoms with Gasteiger partial charge in [-0.25, -0.2) is 0 Å². The fourth-order valence-electron chi connectivity index (χ4n) is 2.35. The van der Waals surface area contributed by atoms with Crippen LogP contribution in [0.5, 0.6) is 0 Å². The number of likely N-dealkylation sites (N-methyl/N-ethyl adjacent to an activating group) is 1. The number of morpholine rings is 1. The minimum absolute atomic E-state index is 0.136. The first-order chi connectivity index (χ1) is 9.36. The van der Waals surface area contributed by atoms with Crippen LogP contribution in [0.25, 0.3) is 0 Å². The van der Waals surface area contributed by atoms with Gasteiger partial charge in [-0.2, -0.15) is 13.2 Å². The fourth-order valence-corrected chi connectivity index (χ4v) is 2.35. The highest BCUT2D eigenvalue weighted by atomic mass is 19.4. The van der Waals surface area contributed by atoms with Gasteiger partial charge in [0.2, 0.25) is 0 Å². The topological polar surface area (TPSA) is 38.5 Å². The first kappa shape index (κ1) is 15.3. The number of ether oxygens (including phenoxy) is 1. The lowest BCUT2D eigenvalue weighted by atomic mass is 9.99. The third-order valence-corrected chi connectivity index (χ3v) is 3.50. The van der Waals surface area contributed by atoms with E-state index < -0.39 is 11.7 Å². The van der Waals surface area contributed by atoms with Crippen LogP contribution >= 0.6 is 0 Å². The summed E-state index contributed by atoms with van der Waals surface area (Å²) in [5.41, 5.74) is 6.02. The molecule has 0 aliphatic carbocycles. The third kappa shape index (κ3) is 3.94. The first-order valence-electron chi connectivity index (χ1n) is 6.58. The standard InChI is InChI=1S/C14H19F3N2O/c1-19-5-6-20-13(9-19)12(18)8-10-3-2-4-11(7-10)14(15,16)17/h2-4,7,12-13H,5-6,8-9,18H2,1H3. The van der Waals surface area contributed by atoms with Gasteiger partial charge in [0.1, 0.15) is 0 Å². The Balaban J connectivity index is 2.02. The van der Waals surface area contributed by atoms with E-state index in [1.165, 1.54) is 6.07 Å². The number of nitrogens with two attached hydrogens (primary N) is 1. The molecule has 0 radical (unpaired) electrons. The Morgan fingerprint density at radius 1 is 1.45 bits per heavy atom. The number of rotatable bonds is 3. The summed E-state index contributed by atoms with van der Waals surface area (Å²) in [7, 11) is 1.98. The van der Waals surface area contributed by atoms with E-state index in [-0.39, 0.29) is 12.1 Å². The van der Waals surface area contributed by atoms with Crippen LogP contribution in [0.3, 0.4) is 0 Å². The maximum Gasteiger partial charge on any atom is 0.416 e. The molecule has 2 N–H and O–H groups in total. The predicted octanol–water partition coefficient (Wildman–Crippen LogP) is 1.91. The van der Waals surface area contributed by atoms with Crippen LogP contribution in [0.15, 0.2) is 24.3 Å². The van der Waals surface area contributed by atoms with E-state index in [4.69, 9.17) is 10.5 Å². The zero-order chi connectivity index (χ0) is 14.8. The van der Waals surface area contributed by atoms with E-state index >= 15 is 0 Å². The highest BCUT2D eigenvalue weighted by molar-refractivity contribution is 5.26. The van der Waals surface area contributed by atoms with Crippen molar-refractivity contribution in [3.63, 3.8) is 0 Å². The Labute approximate surface area is 116 Å². The molecule has 1 aliphatic heterocycles. The van der Waals surface area contributed by atoms with Gasteiger partial charge in [0, 0.05) is 19.1 Å². The monoisotopic (exact) mass is 288 g/mol. The molecule has 0 spiro atoms. The van der Waals surface area contributed by atoms with Crippen molar-refractivity contribution in [1.82, 2.24) is 4.90 Å². The molecule has 1 heterocycles. The lowest BCUT2D eigenvalue weighted by molar-refractivity contribution is -0.137. The highest BCUT2D eigenvalue weighted by Gasteiger charge is 2.31. The summed E-state index contributed by atoms with van der Waals surface area (Å²) in [6.45, 7) is 2.17. The van der Waals surface area contributed by atoms with Crippen LogP contribution in [-0.4, -0.2) is 43.8 Å². The zero-order valence-corrected chi connectivity index (χ0v) is 11.4. The van der Waals surface area contributed by atoms with Gasteiger partial charge < -0.3 is 15.4 Å². The zero-order valence-electron chi connectivity index (χ0n) is 11.4. The molecule has 0 saturated carbocycles. The summed E-state index contributed by atoms with van der Waals surface area (Å²) in [4.78, 5) is 2.11. The van der Waals surface area contributed by atoms with Crippen molar-refractivity contribution in [3.05, 3.63) is 35.4 Å². The maximum atomic E-state index is 12.6. The largest absolute Gasteiger partial charge is 0.416 e. The van der Waals surface area contributed by atoms with Crippen LogP contribution in [0.2, 0.25) is 0 Å². The second-order valence-electron chi connectivity index (χ2n) is 5.24. The minimum atomic E-state index is -4.32. The summed E-state index contributed by atoms with van der Waals surface area (Å²) >= 11 is 0. The molecule has 2 rings (SSSR count). The Hall–Kier alpha value is -1.11. The van der Waals surface area contributed by atoms with Crippen molar-refractivity contribution in [2.75, 3.05) is 26.7 Å². The number of benzene rings is 1. The van der Waals surface area contributed by atoms with Crippen LogP contribution < -0.4 is 5.73 Å². The normalized spacial score (nSPS) is 22.8. The van der Waals surface area contributed by atoms with Gasteiger partial charge in [0.25, 0.3) is 0 Å². The van der Waals surface area contributed by atoms with Crippen molar-refractivity contribution in [3.8, 4) is 0 Å². The van der Waals surface area contributed by atoms with E-state index in [1.54, 1.807) is 6.07 Å².